The molecule has 13 nitrogen and oxygen atoms in total. The Morgan fingerprint density at radius 3 is 2.27 bits per heavy atom. The molecule has 1 aromatic heterocycles. The summed E-state index contributed by atoms with van der Waals surface area (Å²) >= 11 is 0. The molecule has 0 unspecified atom stereocenters. The quantitative estimate of drug-likeness (QED) is 0.515. The van der Waals surface area contributed by atoms with Crippen molar-refractivity contribution in [1.82, 2.24) is 19.7 Å². The zero-order valence-electron chi connectivity index (χ0n) is 16.2. The molecule has 0 saturated heterocycles. The van der Waals surface area contributed by atoms with Crippen molar-refractivity contribution in [3.8, 4) is 17.8 Å². The van der Waals surface area contributed by atoms with Crippen molar-refractivity contribution in [2.24, 2.45) is 0 Å². The summed E-state index contributed by atoms with van der Waals surface area (Å²) < 4.78 is 46.6. The van der Waals surface area contributed by atoms with Gasteiger partial charge in [0.15, 0.2) is 6.61 Å². The van der Waals surface area contributed by atoms with Gasteiger partial charge in [-0.2, -0.15) is 9.97 Å². The highest BCUT2D eigenvalue weighted by Crippen LogP contribution is 2.23. The first-order valence-electron chi connectivity index (χ1n) is 8.34. The number of carbonyl (C=O) groups excluding carboxylic acids is 2. The molecule has 2 rings (SSSR count). The van der Waals surface area contributed by atoms with E-state index in [0.29, 0.717) is 0 Å². The minimum atomic E-state index is -4.37. The van der Waals surface area contributed by atoms with E-state index in [9.17, 15) is 18.0 Å². The number of anilines is 1. The molecule has 1 heterocycles. The molecule has 0 atom stereocenters. The van der Waals surface area contributed by atoms with E-state index in [1.807, 2.05) is 0 Å². The van der Waals surface area contributed by atoms with Crippen LogP contribution >= 0.6 is 0 Å². The Morgan fingerprint density at radius 2 is 1.67 bits per heavy atom. The highest BCUT2D eigenvalue weighted by atomic mass is 32.2. The van der Waals surface area contributed by atoms with Crippen LogP contribution in [-0.2, 0) is 19.6 Å². The normalized spacial score (nSPS) is 10.6. The van der Waals surface area contributed by atoms with Gasteiger partial charge in [-0.25, -0.2) is 22.7 Å². The van der Waals surface area contributed by atoms with E-state index in [4.69, 9.17) is 18.9 Å². The van der Waals surface area contributed by atoms with Crippen LogP contribution in [0.4, 0.5) is 10.7 Å². The Balaban J connectivity index is 2.15. The Bertz CT molecular complexity index is 992. The molecule has 0 aliphatic rings. The molecule has 0 radical (unpaired) electrons. The fourth-order valence-corrected chi connectivity index (χ4v) is 3.07. The number of rotatable bonds is 9. The summed E-state index contributed by atoms with van der Waals surface area (Å²) in [6, 6.07) is 3.98. The van der Waals surface area contributed by atoms with Gasteiger partial charge in [0.1, 0.15) is 10.6 Å². The van der Waals surface area contributed by atoms with Gasteiger partial charge in [0.2, 0.25) is 5.95 Å². The van der Waals surface area contributed by atoms with E-state index in [1.165, 1.54) is 38.5 Å². The first kappa shape index (κ1) is 22.6. The summed E-state index contributed by atoms with van der Waals surface area (Å²) in [5, 5.41) is 2.14. The predicted octanol–water partition coefficient (Wildman–Crippen LogP) is 0.341. The number of nitrogens with one attached hydrogen (secondary N) is 2. The van der Waals surface area contributed by atoms with Crippen molar-refractivity contribution >= 4 is 28.0 Å². The van der Waals surface area contributed by atoms with Gasteiger partial charge in [-0.15, -0.1) is 4.98 Å². The second kappa shape index (κ2) is 10.2. The van der Waals surface area contributed by atoms with Gasteiger partial charge < -0.3 is 18.9 Å². The smallest absolute Gasteiger partial charge is 0.344 e. The van der Waals surface area contributed by atoms with E-state index >= 15 is 0 Å². The van der Waals surface area contributed by atoms with E-state index in [1.54, 1.807) is 11.6 Å². The average molecular weight is 441 g/mol. The van der Waals surface area contributed by atoms with Crippen LogP contribution in [0.25, 0.3) is 0 Å². The summed E-state index contributed by atoms with van der Waals surface area (Å²) in [6.45, 7) is 1.27. The van der Waals surface area contributed by atoms with Crippen molar-refractivity contribution in [1.29, 1.82) is 0 Å². The van der Waals surface area contributed by atoms with E-state index < -0.39 is 28.6 Å². The number of para-hydroxylation sites is 1. The number of amides is 2. The van der Waals surface area contributed by atoms with Crippen LogP contribution in [0.3, 0.4) is 0 Å². The number of urea groups is 1. The number of hydrogen-bond acceptors (Lipinski definition) is 11. The summed E-state index contributed by atoms with van der Waals surface area (Å²) in [7, 11) is -1.80. The Labute approximate surface area is 171 Å². The number of benzene rings is 1. The van der Waals surface area contributed by atoms with Crippen LogP contribution in [0.15, 0.2) is 29.2 Å². The van der Waals surface area contributed by atoms with Gasteiger partial charge >= 0.3 is 24.0 Å². The maximum absolute atomic E-state index is 12.6. The van der Waals surface area contributed by atoms with Crippen LogP contribution in [0.1, 0.15) is 6.92 Å². The van der Waals surface area contributed by atoms with Gasteiger partial charge in [-0.3, -0.25) is 5.32 Å². The molecular weight excluding hydrogens is 422 g/mol. The van der Waals surface area contributed by atoms with Crippen molar-refractivity contribution in [3.63, 3.8) is 0 Å². The number of nitrogens with zero attached hydrogens (tertiary/aromatic N) is 3. The second-order valence-electron chi connectivity index (χ2n) is 5.23. The standard InChI is InChI=1S/C16H19N5O8S/c1-4-28-12(22)9-29-10-7-5-6-8-11(10)30(24,25)21-14(23)17-13-18-15(26-2)20-16(19-13)27-3/h5-8H,4,9H2,1-3H3,(H2,17,18,19,20,21,23). The van der Waals surface area contributed by atoms with Crippen molar-refractivity contribution in [2.45, 2.75) is 11.8 Å². The average Bonchev–Trinajstić information content (AvgIpc) is 2.71. The van der Waals surface area contributed by atoms with Gasteiger partial charge in [0, 0.05) is 0 Å². The van der Waals surface area contributed by atoms with Crippen LogP contribution in [0.2, 0.25) is 0 Å². The first-order valence-corrected chi connectivity index (χ1v) is 9.82. The summed E-state index contributed by atoms with van der Waals surface area (Å²) in [5.74, 6) is -1.12. The highest BCUT2D eigenvalue weighted by molar-refractivity contribution is 7.90. The maximum atomic E-state index is 12.6. The molecular formula is C16H19N5O8S. The minimum absolute atomic E-state index is 0.144. The first-order chi connectivity index (χ1) is 14.3. The number of ether oxygens (including phenoxy) is 4. The van der Waals surface area contributed by atoms with Crippen LogP contribution < -0.4 is 24.2 Å². The number of carbonyl (C=O) groups is 2. The molecule has 14 heteroatoms. The highest BCUT2D eigenvalue weighted by Gasteiger charge is 2.23. The Kier molecular flexibility index (Phi) is 7.69. The number of methoxy groups -OCH3 is 2. The van der Waals surface area contributed by atoms with Gasteiger partial charge in [0.05, 0.1) is 20.8 Å². The summed E-state index contributed by atoms with van der Waals surface area (Å²) in [4.78, 5) is 34.5. The van der Waals surface area contributed by atoms with Crippen LogP contribution in [-0.4, -0.2) is 62.8 Å². The monoisotopic (exact) mass is 441 g/mol. The fourth-order valence-electron chi connectivity index (χ4n) is 2.01. The number of aromatic nitrogens is 3. The van der Waals surface area contributed by atoms with Gasteiger partial charge in [-0.05, 0) is 19.1 Å². The molecule has 2 aromatic rings. The Hall–Kier alpha value is -3.68. The zero-order chi connectivity index (χ0) is 22.1. The minimum Gasteiger partial charge on any atom is -0.480 e. The lowest BCUT2D eigenvalue weighted by Crippen LogP contribution is -2.35. The molecule has 2 N–H and O–H groups in total. The fraction of sp³-hybridized carbons (Fsp3) is 0.312. The van der Waals surface area contributed by atoms with Crippen molar-refractivity contribution < 1.29 is 37.0 Å². The predicted molar refractivity (Wildman–Crippen MR) is 101 cm³/mol. The van der Waals surface area contributed by atoms with E-state index in [-0.39, 0.29) is 35.2 Å². The summed E-state index contributed by atoms with van der Waals surface area (Å²) in [5.41, 5.74) is 0. The zero-order valence-corrected chi connectivity index (χ0v) is 17.1. The van der Waals surface area contributed by atoms with E-state index in [2.05, 4.69) is 20.3 Å². The maximum Gasteiger partial charge on any atom is 0.344 e. The van der Waals surface area contributed by atoms with Crippen molar-refractivity contribution in [3.05, 3.63) is 24.3 Å². The second-order valence-corrected chi connectivity index (χ2v) is 6.88. The number of hydrogen-bond donors (Lipinski definition) is 2. The third-order valence-electron chi connectivity index (χ3n) is 3.20. The largest absolute Gasteiger partial charge is 0.480 e. The SMILES string of the molecule is CCOC(=O)COc1ccccc1S(=O)(=O)NC(=O)Nc1nc(OC)nc(OC)n1. The molecule has 1 aromatic carbocycles. The van der Waals surface area contributed by atoms with Gasteiger partial charge in [-0.1, -0.05) is 12.1 Å². The van der Waals surface area contributed by atoms with Crippen molar-refractivity contribution in [2.75, 3.05) is 32.8 Å². The lowest BCUT2D eigenvalue weighted by atomic mass is 10.3. The van der Waals surface area contributed by atoms with Crippen LogP contribution in [0.5, 0.6) is 17.8 Å². The molecule has 0 saturated carbocycles. The van der Waals surface area contributed by atoms with E-state index in [0.717, 1.165) is 0 Å². The van der Waals surface area contributed by atoms with Crippen LogP contribution in [0, 0.1) is 0 Å². The molecule has 0 bridgehead atoms. The lowest BCUT2D eigenvalue weighted by Gasteiger charge is -2.12. The molecule has 162 valence electrons. The van der Waals surface area contributed by atoms with Gasteiger partial charge in [0.25, 0.3) is 10.0 Å². The lowest BCUT2D eigenvalue weighted by molar-refractivity contribution is -0.145. The third-order valence-corrected chi connectivity index (χ3v) is 4.57. The third kappa shape index (κ3) is 6.16. The Morgan fingerprint density at radius 1 is 1.03 bits per heavy atom. The topological polar surface area (TPSA) is 168 Å². The summed E-state index contributed by atoms with van der Waals surface area (Å²) in [6.07, 6.45) is 0. The molecule has 0 spiro atoms. The molecule has 0 aliphatic heterocycles. The number of sulfonamides is 1. The number of esters is 1. The molecule has 0 fully saturated rings. The molecule has 30 heavy (non-hydrogen) atoms. The molecule has 0 aliphatic carbocycles. The molecule has 2 amide bonds.